The van der Waals surface area contributed by atoms with Crippen LogP contribution < -0.4 is 5.32 Å². The molecule has 1 amide bonds. The van der Waals surface area contributed by atoms with E-state index in [1.165, 1.54) is 0 Å². The number of amides is 1. The minimum absolute atomic E-state index is 0.0395. The molecule has 0 saturated heterocycles. The third kappa shape index (κ3) is 3.63. The number of nitrogens with one attached hydrogen (secondary N) is 1. The molecule has 3 aromatic rings. The summed E-state index contributed by atoms with van der Waals surface area (Å²) in [6, 6.07) is 14.5. The van der Waals surface area contributed by atoms with Crippen LogP contribution in [-0.4, -0.2) is 16.0 Å². The summed E-state index contributed by atoms with van der Waals surface area (Å²) in [5.74, 6) is 0.783. The van der Waals surface area contributed by atoms with E-state index in [0.29, 0.717) is 34.4 Å². The molecule has 0 saturated carbocycles. The highest BCUT2D eigenvalue weighted by molar-refractivity contribution is 6.30. The fourth-order valence-corrected chi connectivity index (χ4v) is 2.39. The van der Waals surface area contributed by atoms with Gasteiger partial charge >= 0.3 is 0 Å². The third-order valence-electron chi connectivity index (χ3n) is 3.44. The highest BCUT2D eigenvalue weighted by Gasteiger charge is 2.15. The van der Waals surface area contributed by atoms with Crippen molar-refractivity contribution in [2.75, 3.05) is 5.32 Å². The molecule has 0 radical (unpaired) electrons. The Morgan fingerprint density at radius 1 is 1.17 bits per heavy atom. The second-order valence-electron chi connectivity index (χ2n) is 5.27. The molecule has 3 rings (SSSR count). The Labute approximate surface area is 144 Å². The fourth-order valence-electron chi connectivity index (χ4n) is 2.27. The predicted octanol–water partition coefficient (Wildman–Crippen LogP) is 4.80. The van der Waals surface area contributed by atoms with Gasteiger partial charge in [0.15, 0.2) is 0 Å². The average Bonchev–Trinajstić information content (AvgIpc) is 3.06. The van der Waals surface area contributed by atoms with Crippen LogP contribution in [0.15, 0.2) is 53.1 Å². The van der Waals surface area contributed by atoms with Crippen LogP contribution in [-0.2, 0) is 4.79 Å². The highest BCUT2D eigenvalue weighted by atomic mass is 35.5. The lowest BCUT2D eigenvalue weighted by molar-refractivity contribution is -0.116. The monoisotopic (exact) mass is 341 g/mol. The Bertz CT molecular complexity index is 843. The number of para-hydroxylation sites is 1. The maximum atomic E-state index is 11.9. The molecule has 122 valence electrons. The number of carbonyl (C=O) groups excluding carboxylic acids is 1. The molecule has 2 aromatic carbocycles. The normalized spacial score (nSPS) is 10.6. The van der Waals surface area contributed by atoms with E-state index < -0.39 is 0 Å². The Kier molecular flexibility index (Phi) is 4.91. The van der Waals surface area contributed by atoms with Crippen molar-refractivity contribution < 1.29 is 9.32 Å². The van der Waals surface area contributed by atoms with Gasteiger partial charge in [-0.1, -0.05) is 35.8 Å². The van der Waals surface area contributed by atoms with E-state index in [0.717, 1.165) is 12.0 Å². The van der Waals surface area contributed by atoms with Gasteiger partial charge in [0.2, 0.25) is 11.7 Å². The molecule has 0 unspecified atom stereocenters. The van der Waals surface area contributed by atoms with Gasteiger partial charge in [-0.25, -0.2) is 0 Å². The maximum absolute atomic E-state index is 11.9. The Balaban J connectivity index is 1.90. The molecule has 24 heavy (non-hydrogen) atoms. The molecule has 0 aliphatic rings. The molecule has 0 spiro atoms. The Morgan fingerprint density at radius 3 is 2.67 bits per heavy atom. The quantitative estimate of drug-likeness (QED) is 0.724. The fraction of sp³-hybridized carbons (Fsp3) is 0.167. The standard InChI is InChI=1S/C18H16ClN3O2/c1-2-5-16(23)20-15-7-4-3-6-14(15)18-21-17(22-24-18)12-8-10-13(19)11-9-12/h3-4,6-11H,2,5H2,1H3,(H,20,23). The van der Waals surface area contributed by atoms with Crippen molar-refractivity contribution in [3.05, 3.63) is 53.6 Å². The lowest BCUT2D eigenvalue weighted by Gasteiger charge is -2.07. The summed E-state index contributed by atoms with van der Waals surface area (Å²) in [5, 5.41) is 7.53. The number of carbonyl (C=O) groups is 1. The molecule has 0 fully saturated rings. The molecule has 5 nitrogen and oxygen atoms in total. The second-order valence-corrected chi connectivity index (χ2v) is 5.71. The van der Waals surface area contributed by atoms with Crippen molar-refractivity contribution in [1.29, 1.82) is 0 Å². The van der Waals surface area contributed by atoms with E-state index in [1.54, 1.807) is 12.1 Å². The molecular weight excluding hydrogens is 326 g/mol. The Morgan fingerprint density at radius 2 is 1.92 bits per heavy atom. The van der Waals surface area contributed by atoms with E-state index in [9.17, 15) is 4.79 Å². The van der Waals surface area contributed by atoms with Crippen LogP contribution in [0.3, 0.4) is 0 Å². The van der Waals surface area contributed by atoms with E-state index >= 15 is 0 Å². The SMILES string of the molecule is CCCC(=O)Nc1ccccc1-c1nc(-c2ccc(Cl)cc2)no1. The van der Waals surface area contributed by atoms with Crippen molar-refractivity contribution in [2.45, 2.75) is 19.8 Å². The summed E-state index contributed by atoms with van der Waals surface area (Å²) >= 11 is 5.89. The lowest BCUT2D eigenvalue weighted by Crippen LogP contribution is -2.11. The second kappa shape index (κ2) is 7.27. The zero-order chi connectivity index (χ0) is 16.9. The van der Waals surface area contributed by atoms with Crippen molar-refractivity contribution in [2.24, 2.45) is 0 Å². The zero-order valence-corrected chi connectivity index (χ0v) is 13.9. The van der Waals surface area contributed by atoms with Crippen LogP contribution in [0.2, 0.25) is 5.02 Å². The lowest BCUT2D eigenvalue weighted by atomic mass is 10.1. The number of hydrogen-bond acceptors (Lipinski definition) is 4. The van der Waals surface area contributed by atoms with Gasteiger partial charge in [-0.2, -0.15) is 4.98 Å². The summed E-state index contributed by atoms with van der Waals surface area (Å²) in [7, 11) is 0. The van der Waals surface area contributed by atoms with Gasteiger partial charge in [0, 0.05) is 17.0 Å². The first-order chi connectivity index (χ1) is 11.7. The van der Waals surface area contributed by atoms with Crippen molar-refractivity contribution >= 4 is 23.2 Å². The molecule has 1 heterocycles. The summed E-state index contributed by atoms with van der Waals surface area (Å²) in [5.41, 5.74) is 2.15. The van der Waals surface area contributed by atoms with Gasteiger partial charge in [-0.3, -0.25) is 4.79 Å². The molecule has 6 heteroatoms. The largest absolute Gasteiger partial charge is 0.334 e. The van der Waals surface area contributed by atoms with Crippen molar-refractivity contribution in [3.63, 3.8) is 0 Å². The van der Waals surface area contributed by atoms with Crippen LogP contribution in [0.25, 0.3) is 22.8 Å². The molecule has 0 atom stereocenters. The van der Waals surface area contributed by atoms with Crippen molar-refractivity contribution in [1.82, 2.24) is 10.1 Å². The van der Waals surface area contributed by atoms with Gasteiger partial charge in [-0.15, -0.1) is 0 Å². The number of aromatic nitrogens is 2. The van der Waals surface area contributed by atoms with Crippen LogP contribution in [0.5, 0.6) is 0 Å². The van der Waals surface area contributed by atoms with Crippen molar-refractivity contribution in [3.8, 4) is 22.8 Å². The molecular formula is C18H16ClN3O2. The number of hydrogen-bond donors (Lipinski definition) is 1. The molecule has 0 aliphatic carbocycles. The summed E-state index contributed by atoms with van der Waals surface area (Å²) in [6.07, 6.45) is 1.25. The zero-order valence-electron chi connectivity index (χ0n) is 13.1. The minimum Gasteiger partial charge on any atom is -0.334 e. The number of rotatable bonds is 5. The van der Waals surface area contributed by atoms with E-state index in [1.807, 2.05) is 43.3 Å². The number of nitrogens with zero attached hydrogens (tertiary/aromatic N) is 2. The van der Waals surface area contributed by atoms with E-state index in [2.05, 4.69) is 15.5 Å². The van der Waals surface area contributed by atoms with Gasteiger partial charge < -0.3 is 9.84 Å². The van der Waals surface area contributed by atoms with Crippen LogP contribution in [0.4, 0.5) is 5.69 Å². The number of halogens is 1. The van der Waals surface area contributed by atoms with Gasteiger partial charge in [0.25, 0.3) is 5.89 Å². The first-order valence-corrected chi connectivity index (χ1v) is 8.04. The highest BCUT2D eigenvalue weighted by Crippen LogP contribution is 2.29. The molecule has 1 aromatic heterocycles. The van der Waals surface area contributed by atoms with Crippen LogP contribution in [0, 0.1) is 0 Å². The van der Waals surface area contributed by atoms with E-state index in [-0.39, 0.29) is 5.91 Å². The minimum atomic E-state index is -0.0395. The average molecular weight is 342 g/mol. The van der Waals surface area contributed by atoms with Gasteiger partial charge in [0.1, 0.15) is 0 Å². The van der Waals surface area contributed by atoms with Crippen LogP contribution in [0.1, 0.15) is 19.8 Å². The summed E-state index contributed by atoms with van der Waals surface area (Å²) in [4.78, 5) is 16.3. The van der Waals surface area contributed by atoms with E-state index in [4.69, 9.17) is 16.1 Å². The first kappa shape index (κ1) is 16.2. The smallest absolute Gasteiger partial charge is 0.260 e. The predicted molar refractivity (Wildman–Crippen MR) is 93.7 cm³/mol. The first-order valence-electron chi connectivity index (χ1n) is 7.66. The van der Waals surface area contributed by atoms with Crippen LogP contribution >= 0.6 is 11.6 Å². The maximum Gasteiger partial charge on any atom is 0.260 e. The molecule has 0 aliphatic heterocycles. The summed E-state index contributed by atoms with van der Waals surface area (Å²) < 4.78 is 5.37. The topological polar surface area (TPSA) is 68.0 Å². The number of anilines is 1. The summed E-state index contributed by atoms with van der Waals surface area (Å²) in [6.45, 7) is 1.96. The molecule has 1 N–H and O–H groups in total. The number of benzene rings is 2. The Hall–Kier alpha value is -2.66. The van der Waals surface area contributed by atoms with Gasteiger partial charge in [-0.05, 0) is 42.8 Å². The third-order valence-corrected chi connectivity index (χ3v) is 3.69. The van der Waals surface area contributed by atoms with Gasteiger partial charge in [0.05, 0.1) is 11.3 Å². The molecule has 0 bridgehead atoms.